The number of rotatable bonds is 5. The lowest BCUT2D eigenvalue weighted by atomic mass is 10.1. The van der Waals surface area contributed by atoms with E-state index in [4.69, 9.17) is 15.0 Å². The van der Waals surface area contributed by atoms with Crippen LogP contribution in [0, 0.1) is 6.92 Å². The summed E-state index contributed by atoms with van der Waals surface area (Å²) in [5, 5.41) is 3.97. The smallest absolute Gasteiger partial charge is 0.267 e. The van der Waals surface area contributed by atoms with Gasteiger partial charge in [-0.25, -0.2) is 0 Å². The second-order valence-electron chi connectivity index (χ2n) is 5.45. The van der Waals surface area contributed by atoms with E-state index in [1.807, 2.05) is 37.3 Å². The van der Waals surface area contributed by atoms with Gasteiger partial charge in [0.25, 0.3) is 11.8 Å². The van der Waals surface area contributed by atoms with Gasteiger partial charge in [-0.3, -0.25) is 4.79 Å². The summed E-state index contributed by atoms with van der Waals surface area (Å²) in [6, 6.07) is 14.7. The van der Waals surface area contributed by atoms with Crippen molar-refractivity contribution in [3.05, 3.63) is 65.5 Å². The van der Waals surface area contributed by atoms with Crippen molar-refractivity contribution in [2.75, 3.05) is 0 Å². The summed E-state index contributed by atoms with van der Waals surface area (Å²) in [6.07, 6.45) is -0.519. The molecule has 2 N–H and O–H groups in total. The highest BCUT2D eigenvalue weighted by molar-refractivity contribution is 5.95. The number of benzene rings is 2. The number of nitrogens with zero attached hydrogens (tertiary/aromatic N) is 2. The number of aryl methyl sites for hydroxylation is 1. The number of carbonyl (C=O) groups is 1. The van der Waals surface area contributed by atoms with E-state index in [-0.39, 0.29) is 0 Å². The fourth-order valence-corrected chi connectivity index (χ4v) is 2.28. The Morgan fingerprint density at radius 2 is 1.96 bits per heavy atom. The predicted octanol–water partition coefficient (Wildman–Crippen LogP) is 3.28. The summed E-state index contributed by atoms with van der Waals surface area (Å²) >= 11 is 0. The molecule has 122 valence electrons. The molecule has 3 rings (SSSR count). The zero-order chi connectivity index (χ0) is 17.1. The zero-order valence-electron chi connectivity index (χ0n) is 13.4. The first-order chi connectivity index (χ1) is 11.5. The molecule has 1 atom stereocenters. The van der Waals surface area contributed by atoms with Crippen LogP contribution in [0.2, 0.25) is 0 Å². The van der Waals surface area contributed by atoms with Crippen LogP contribution >= 0.6 is 0 Å². The van der Waals surface area contributed by atoms with Crippen molar-refractivity contribution < 1.29 is 14.1 Å². The summed E-state index contributed by atoms with van der Waals surface area (Å²) in [5.41, 5.74) is 7.51. The summed E-state index contributed by atoms with van der Waals surface area (Å²) < 4.78 is 11.1. The largest absolute Gasteiger partial charge is 0.480 e. The Hall–Kier alpha value is -3.15. The summed E-state index contributed by atoms with van der Waals surface area (Å²) in [6.45, 7) is 3.68. The normalized spacial score (nSPS) is 11.9. The van der Waals surface area contributed by atoms with Gasteiger partial charge in [0.15, 0.2) is 6.10 Å². The third-order valence-corrected chi connectivity index (χ3v) is 3.53. The average Bonchev–Trinajstić information content (AvgIpc) is 3.05. The van der Waals surface area contributed by atoms with E-state index in [9.17, 15) is 4.79 Å². The van der Waals surface area contributed by atoms with Crippen LogP contribution in [0.3, 0.4) is 0 Å². The number of primary amides is 1. The summed E-state index contributed by atoms with van der Waals surface area (Å²) in [4.78, 5) is 15.9. The Morgan fingerprint density at radius 3 is 2.67 bits per heavy atom. The Bertz CT molecular complexity index is 859. The van der Waals surface area contributed by atoms with Crippen LogP contribution in [0.25, 0.3) is 11.4 Å². The number of aromatic nitrogens is 2. The molecule has 0 unspecified atom stereocenters. The summed E-state index contributed by atoms with van der Waals surface area (Å²) in [7, 11) is 0. The number of hydrogen-bond acceptors (Lipinski definition) is 5. The minimum absolute atomic E-state index is 0.315. The van der Waals surface area contributed by atoms with Crippen LogP contribution in [0.5, 0.6) is 5.75 Å². The van der Waals surface area contributed by atoms with Gasteiger partial charge in [0.1, 0.15) is 5.75 Å². The molecule has 0 radical (unpaired) electrons. The van der Waals surface area contributed by atoms with E-state index >= 15 is 0 Å². The molecule has 1 amide bonds. The molecular formula is C18H17N3O3. The van der Waals surface area contributed by atoms with E-state index in [0.717, 1.165) is 11.1 Å². The first kappa shape index (κ1) is 15.7. The van der Waals surface area contributed by atoms with Crippen LogP contribution in [0.4, 0.5) is 0 Å². The molecule has 0 saturated carbocycles. The first-order valence-corrected chi connectivity index (χ1v) is 7.50. The molecule has 3 aromatic rings. The third-order valence-electron chi connectivity index (χ3n) is 3.53. The molecule has 0 aliphatic rings. The Balaban J connectivity index is 1.84. The number of hydrogen-bond donors (Lipinski definition) is 1. The second kappa shape index (κ2) is 6.54. The Kier molecular flexibility index (Phi) is 4.29. The lowest BCUT2D eigenvalue weighted by Crippen LogP contribution is -2.14. The molecular weight excluding hydrogens is 306 g/mol. The fraction of sp³-hybridized carbons (Fsp3) is 0.167. The van der Waals surface area contributed by atoms with Crippen molar-refractivity contribution in [3.63, 3.8) is 0 Å². The van der Waals surface area contributed by atoms with Gasteiger partial charge in [-0.2, -0.15) is 4.98 Å². The van der Waals surface area contributed by atoms with Crippen LogP contribution < -0.4 is 10.5 Å². The molecule has 0 saturated heterocycles. The van der Waals surface area contributed by atoms with Crippen molar-refractivity contribution in [3.8, 4) is 17.1 Å². The van der Waals surface area contributed by atoms with Gasteiger partial charge < -0.3 is 15.0 Å². The van der Waals surface area contributed by atoms with E-state index in [2.05, 4.69) is 10.1 Å². The van der Waals surface area contributed by atoms with Gasteiger partial charge >= 0.3 is 0 Å². The molecule has 24 heavy (non-hydrogen) atoms. The quantitative estimate of drug-likeness (QED) is 0.778. The third kappa shape index (κ3) is 3.27. The highest BCUT2D eigenvalue weighted by Crippen LogP contribution is 2.27. The van der Waals surface area contributed by atoms with Gasteiger partial charge in [0, 0.05) is 5.56 Å². The van der Waals surface area contributed by atoms with Gasteiger partial charge in [0.2, 0.25) is 5.82 Å². The van der Waals surface area contributed by atoms with Gasteiger partial charge in [-0.1, -0.05) is 41.6 Å². The molecule has 2 aromatic carbocycles. The summed E-state index contributed by atoms with van der Waals surface area (Å²) in [5.74, 6) is 0.661. The minimum atomic E-state index is -0.548. The monoisotopic (exact) mass is 323 g/mol. The van der Waals surface area contributed by atoms with Crippen molar-refractivity contribution in [1.29, 1.82) is 0 Å². The molecule has 6 heteroatoms. The maximum Gasteiger partial charge on any atom is 0.267 e. The number of amides is 1. The van der Waals surface area contributed by atoms with E-state index in [0.29, 0.717) is 23.0 Å². The minimum Gasteiger partial charge on any atom is -0.480 e. The van der Waals surface area contributed by atoms with Crippen LogP contribution in [0.1, 0.15) is 34.8 Å². The average molecular weight is 323 g/mol. The number of carbonyl (C=O) groups excluding carboxylic acids is 1. The topological polar surface area (TPSA) is 91.2 Å². The first-order valence-electron chi connectivity index (χ1n) is 7.50. The van der Waals surface area contributed by atoms with E-state index in [1.54, 1.807) is 25.1 Å². The number of nitrogens with two attached hydrogens (primary N) is 1. The maximum absolute atomic E-state index is 11.5. The Labute approximate surface area is 139 Å². The van der Waals surface area contributed by atoms with Gasteiger partial charge in [-0.05, 0) is 31.5 Å². The molecule has 1 aromatic heterocycles. The van der Waals surface area contributed by atoms with E-state index in [1.165, 1.54) is 0 Å². The molecule has 1 heterocycles. The lowest BCUT2D eigenvalue weighted by Gasteiger charge is -2.14. The predicted molar refractivity (Wildman–Crippen MR) is 88.5 cm³/mol. The highest BCUT2D eigenvalue weighted by atomic mass is 16.5. The number of ether oxygens (including phenoxy) is 1. The molecule has 0 spiro atoms. The van der Waals surface area contributed by atoms with E-state index < -0.39 is 12.0 Å². The molecule has 0 aliphatic heterocycles. The van der Waals surface area contributed by atoms with Gasteiger partial charge in [0.05, 0.1) is 5.56 Å². The standard InChI is InChI=1S/C18H17N3O3/c1-11-8-9-14(16(19)22)15(10-11)23-12(2)18-20-17(21-24-18)13-6-4-3-5-7-13/h3-10,12H,1-2H3,(H2,19,22)/t12-/m1/s1. The van der Waals surface area contributed by atoms with Crippen molar-refractivity contribution in [1.82, 2.24) is 10.1 Å². The fourth-order valence-electron chi connectivity index (χ4n) is 2.28. The molecule has 6 nitrogen and oxygen atoms in total. The zero-order valence-corrected chi connectivity index (χ0v) is 13.4. The van der Waals surface area contributed by atoms with Crippen LogP contribution in [-0.2, 0) is 0 Å². The molecule has 0 bridgehead atoms. The van der Waals surface area contributed by atoms with Crippen molar-refractivity contribution in [2.45, 2.75) is 20.0 Å². The van der Waals surface area contributed by atoms with Gasteiger partial charge in [-0.15, -0.1) is 0 Å². The highest BCUT2D eigenvalue weighted by Gasteiger charge is 2.19. The van der Waals surface area contributed by atoms with Crippen molar-refractivity contribution >= 4 is 5.91 Å². The molecule has 0 fully saturated rings. The molecule has 0 aliphatic carbocycles. The lowest BCUT2D eigenvalue weighted by molar-refractivity contribution is 0.0991. The maximum atomic E-state index is 11.5. The Morgan fingerprint density at radius 1 is 1.21 bits per heavy atom. The van der Waals surface area contributed by atoms with Crippen LogP contribution in [-0.4, -0.2) is 16.0 Å². The SMILES string of the molecule is Cc1ccc(C(N)=O)c(O[C@H](C)c2nc(-c3ccccc3)no2)c1. The van der Waals surface area contributed by atoms with Crippen molar-refractivity contribution in [2.24, 2.45) is 5.73 Å². The second-order valence-corrected chi connectivity index (χ2v) is 5.45. The van der Waals surface area contributed by atoms with Crippen LogP contribution in [0.15, 0.2) is 53.1 Å².